The molecule has 4 nitrogen and oxygen atoms in total. The van der Waals surface area contributed by atoms with Crippen LogP contribution >= 0.6 is 0 Å². The van der Waals surface area contributed by atoms with Crippen LogP contribution in [0.3, 0.4) is 0 Å². The van der Waals surface area contributed by atoms with Crippen LogP contribution in [0.2, 0.25) is 0 Å². The van der Waals surface area contributed by atoms with Gasteiger partial charge >= 0.3 is 5.97 Å². The Morgan fingerprint density at radius 2 is 2.15 bits per heavy atom. The third-order valence-electron chi connectivity index (χ3n) is 3.99. The number of fused-ring (bicyclic) bond motifs is 1. The number of ether oxygens (including phenoxy) is 1. The molecule has 0 amide bonds. The van der Waals surface area contributed by atoms with Gasteiger partial charge < -0.3 is 9.64 Å². The Kier molecular flexibility index (Phi) is 4.78. The minimum atomic E-state index is -0.681. The van der Waals surface area contributed by atoms with E-state index in [9.17, 15) is 4.79 Å². The van der Waals surface area contributed by atoms with Crippen molar-refractivity contribution >= 4 is 5.97 Å². The lowest BCUT2D eigenvalue weighted by Gasteiger charge is -2.37. The minimum absolute atomic E-state index is 0.177. The van der Waals surface area contributed by atoms with Gasteiger partial charge in [-0.15, -0.1) is 0 Å². The average molecular weight is 276 g/mol. The molecule has 0 bridgehead atoms. The molecule has 0 saturated heterocycles. The largest absolute Gasteiger partial charge is 0.467 e. The predicted molar refractivity (Wildman–Crippen MR) is 79.6 cm³/mol. The van der Waals surface area contributed by atoms with Crippen molar-refractivity contribution in [2.75, 3.05) is 34.3 Å². The lowest BCUT2D eigenvalue weighted by atomic mass is 9.76. The highest BCUT2D eigenvalue weighted by atomic mass is 16.5. The molecule has 2 rings (SSSR count). The number of rotatable bonds is 5. The van der Waals surface area contributed by atoms with Gasteiger partial charge in [0, 0.05) is 13.1 Å². The predicted octanol–water partition coefficient (Wildman–Crippen LogP) is 1.54. The van der Waals surface area contributed by atoms with Crippen LogP contribution in [0.5, 0.6) is 0 Å². The first-order valence-corrected chi connectivity index (χ1v) is 7.17. The smallest absolute Gasteiger partial charge is 0.330 e. The molecule has 1 atom stereocenters. The standard InChI is InChI=1S/C16H24N2O2/c1-18(2)12-11-17-16(15(19)20-3)10-6-8-13-7-4-5-9-14(13)16/h4-5,7,9,17H,6,8,10-12H2,1-3H3. The zero-order valence-electron chi connectivity index (χ0n) is 12.6. The van der Waals surface area contributed by atoms with Crippen molar-refractivity contribution in [1.82, 2.24) is 10.2 Å². The van der Waals surface area contributed by atoms with Gasteiger partial charge in [0.1, 0.15) is 5.54 Å². The van der Waals surface area contributed by atoms with E-state index >= 15 is 0 Å². The van der Waals surface area contributed by atoms with E-state index in [1.165, 1.54) is 12.7 Å². The summed E-state index contributed by atoms with van der Waals surface area (Å²) >= 11 is 0. The first-order valence-electron chi connectivity index (χ1n) is 7.17. The van der Waals surface area contributed by atoms with Gasteiger partial charge in [0.25, 0.3) is 0 Å². The Morgan fingerprint density at radius 3 is 2.85 bits per heavy atom. The molecule has 1 aliphatic rings. The molecule has 0 spiro atoms. The summed E-state index contributed by atoms with van der Waals surface area (Å²) in [5, 5.41) is 3.46. The fourth-order valence-electron chi connectivity index (χ4n) is 2.97. The van der Waals surface area contributed by atoms with E-state index in [0.29, 0.717) is 0 Å². The van der Waals surface area contributed by atoms with Crippen LogP contribution in [0.15, 0.2) is 24.3 Å². The second kappa shape index (κ2) is 6.37. The average Bonchev–Trinajstić information content (AvgIpc) is 2.46. The van der Waals surface area contributed by atoms with Crippen molar-refractivity contribution in [2.24, 2.45) is 0 Å². The van der Waals surface area contributed by atoms with Gasteiger partial charge in [0.2, 0.25) is 0 Å². The summed E-state index contributed by atoms with van der Waals surface area (Å²) in [4.78, 5) is 14.5. The van der Waals surface area contributed by atoms with Crippen molar-refractivity contribution in [2.45, 2.75) is 24.8 Å². The highest BCUT2D eigenvalue weighted by molar-refractivity contribution is 5.83. The highest BCUT2D eigenvalue weighted by Gasteiger charge is 2.43. The molecule has 1 N–H and O–H groups in total. The van der Waals surface area contributed by atoms with E-state index in [-0.39, 0.29) is 5.97 Å². The monoisotopic (exact) mass is 276 g/mol. The van der Waals surface area contributed by atoms with E-state index < -0.39 is 5.54 Å². The quantitative estimate of drug-likeness (QED) is 0.828. The maximum atomic E-state index is 12.4. The van der Waals surface area contributed by atoms with E-state index in [4.69, 9.17) is 4.74 Å². The number of benzene rings is 1. The van der Waals surface area contributed by atoms with Crippen molar-refractivity contribution in [3.8, 4) is 0 Å². The Labute approximate surface area is 121 Å². The first kappa shape index (κ1) is 15.0. The molecule has 1 aromatic carbocycles. The fraction of sp³-hybridized carbons (Fsp3) is 0.562. The molecule has 0 saturated carbocycles. The molecule has 1 aromatic rings. The number of carbonyl (C=O) groups excluding carboxylic acids is 1. The molecule has 0 radical (unpaired) electrons. The maximum absolute atomic E-state index is 12.4. The minimum Gasteiger partial charge on any atom is -0.467 e. The molecular formula is C16H24N2O2. The lowest BCUT2D eigenvalue weighted by Crippen LogP contribution is -2.53. The summed E-state index contributed by atoms with van der Waals surface area (Å²) in [7, 11) is 5.53. The zero-order valence-corrected chi connectivity index (χ0v) is 12.6. The molecule has 110 valence electrons. The van der Waals surface area contributed by atoms with Gasteiger partial charge in [-0.05, 0) is 44.5 Å². The van der Waals surface area contributed by atoms with Crippen LogP contribution in [0.4, 0.5) is 0 Å². The number of nitrogens with zero attached hydrogens (tertiary/aromatic N) is 1. The van der Waals surface area contributed by atoms with Crippen molar-refractivity contribution in [3.05, 3.63) is 35.4 Å². The van der Waals surface area contributed by atoms with E-state index in [1.54, 1.807) is 0 Å². The van der Waals surface area contributed by atoms with Gasteiger partial charge in [-0.25, -0.2) is 4.79 Å². The number of esters is 1. The topological polar surface area (TPSA) is 41.6 Å². The number of methoxy groups -OCH3 is 1. The lowest BCUT2D eigenvalue weighted by molar-refractivity contribution is -0.150. The summed E-state index contributed by atoms with van der Waals surface area (Å²) in [5.74, 6) is -0.177. The normalized spacial score (nSPS) is 21.6. The first-order chi connectivity index (χ1) is 9.60. The molecule has 20 heavy (non-hydrogen) atoms. The molecule has 0 fully saturated rings. The van der Waals surface area contributed by atoms with Gasteiger partial charge in [-0.2, -0.15) is 0 Å². The fourth-order valence-corrected chi connectivity index (χ4v) is 2.97. The second-order valence-electron chi connectivity index (χ2n) is 5.64. The molecular weight excluding hydrogens is 252 g/mol. The SMILES string of the molecule is COC(=O)C1(NCCN(C)C)CCCc2ccccc21. The van der Waals surface area contributed by atoms with Crippen molar-refractivity contribution in [1.29, 1.82) is 0 Å². The summed E-state index contributed by atoms with van der Waals surface area (Å²) < 4.78 is 5.09. The van der Waals surface area contributed by atoms with Crippen molar-refractivity contribution < 1.29 is 9.53 Å². The number of nitrogens with one attached hydrogen (secondary N) is 1. The number of carbonyl (C=O) groups is 1. The number of hydrogen-bond acceptors (Lipinski definition) is 4. The molecule has 0 heterocycles. The third kappa shape index (κ3) is 2.86. The van der Waals surface area contributed by atoms with Crippen LogP contribution in [0, 0.1) is 0 Å². The zero-order chi connectivity index (χ0) is 14.6. The Balaban J connectivity index is 2.31. The van der Waals surface area contributed by atoms with E-state index in [0.717, 1.165) is 37.9 Å². The summed E-state index contributed by atoms with van der Waals surface area (Å²) in [6.45, 7) is 1.65. The van der Waals surface area contributed by atoms with Crippen molar-refractivity contribution in [3.63, 3.8) is 0 Å². The van der Waals surface area contributed by atoms with Crippen LogP contribution in [0.25, 0.3) is 0 Å². The van der Waals surface area contributed by atoms with E-state index in [1.807, 2.05) is 32.3 Å². The number of aryl methyl sites for hydroxylation is 1. The highest BCUT2D eigenvalue weighted by Crippen LogP contribution is 2.36. The van der Waals surface area contributed by atoms with Crippen LogP contribution in [-0.4, -0.2) is 45.2 Å². The Morgan fingerprint density at radius 1 is 1.40 bits per heavy atom. The van der Waals surface area contributed by atoms with E-state index in [2.05, 4.69) is 16.3 Å². The Bertz CT molecular complexity index is 473. The molecule has 4 heteroatoms. The summed E-state index contributed by atoms with van der Waals surface area (Å²) in [5.41, 5.74) is 1.65. The third-order valence-corrected chi connectivity index (χ3v) is 3.99. The Hall–Kier alpha value is -1.39. The maximum Gasteiger partial charge on any atom is 0.330 e. The molecule has 1 unspecified atom stereocenters. The van der Waals surface area contributed by atoms with Crippen LogP contribution in [-0.2, 0) is 21.5 Å². The van der Waals surface area contributed by atoms with Gasteiger partial charge in [0.05, 0.1) is 7.11 Å². The van der Waals surface area contributed by atoms with Gasteiger partial charge in [-0.1, -0.05) is 24.3 Å². The number of likely N-dealkylation sites (N-methyl/N-ethyl adjacent to an activating group) is 1. The van der Waals surface area contributed by atoms with Crippen LogP contribution < -0.4 is 5.32 Å². The second-order valence-corrected chi connectivity index (χ2v) is 5.64. The summed E-state index contributed by atoms with van der Waals surface area (Å²) in [6.07, 6.45) is 2.83. The molecule has 1 aliphatic carbocycles. The summed E-state index contributed by atoms with van der Waals surface area (Å²) in [6, 6.07) is 8.19. The van der Waals surface area contributed by atoms with Gasteiger partial charge in [0.15, 0.2) is 0 Å². The molecule has 0 aliphatic heterocycles. The number of hydrogen-bond donors (Lipinski definition) is 1. The van der Waals surface area contributed by atoms with Crippen LogP contribution in [0.1, 0.15) is 24.0 Å². The van der Waals surface area contributed by atoms with Gasteiger partial charge in [-0.3, -0.25) is 5.32 Å². The molecule has 0 aromatic heterocycles.